The van der Waals surface area contributed by atoms with E-state index in [1.54, 1.807) is 34.1 Å². The maximum absolute atomic E-state index is 13.1. The van der Waals surface area contributed by atoms with Crippen LogP contribution in [0.25, 0.3) is 0 Å². The van der Waals surface area contributed by atoms with E-state index in [4.69, 9.17) is 0 Å². The normalized spacial score (nSPS) is 18.6. The maximum atomic E-state index is 13.1. The molecule has 0 aliphatic carbocycles. The minimum atomic E-state index is -0.362. The number of carbonyl (C=O) groups excluding carboxylic acids is 4. The van der Waals surface area contributed by atoms with Crippen LogP contribution in [-0.2, 0) is 14.4 Å². The van der Waals surface area contributed by atoms with E-state index < -0.39 is 0 Å². The molecule has 0 spiro atoms. The molecule has 184 valence electrons. The molecule has 1 atom stereocenters. The lowest BCUT2D eigenvalue weighted by Gasteiger charge is -2.33. The van der Waals surface area contributed by atoms with E-state index in [1.807, 2.05) is 44.2 Å². The van der Waals surface area contributed by atoms with Gasteiger partial charge in [0.2, 0.25) is 17.7 Å². The Morgan fingerprint density at radius 3 is 2.26 bits per heavy atom. The highest BCUT2D eigenvalue weighted by Gasteiger charge is 2.38. The van der Waals surface area contributed by atoms with Crippen molar-refractivity contribution in [3.8, 4) is 0 Å². The quantitative estimate of drug-likeness (QED) is 0.670. The second kappa shape index (κ2) is 10.7. The van der Waals surface area contributed by atoms with Crippen molar-refractivity contribution in [2.45, 2.75) is 39.2 Å². The van der Waals surface area contributed by atoms with Gasteiger partial charge in [-0.1, -0.05) is 30.3 Å². The van der Waals surface area contributed by atoms with Gasteiger partial charge in [0.15, 0.2) is 0 Å². The minimum Gasteiger partial charge on any atom is -0.350 e. The molecule has 4 rings (SSSR count). The van der Waals surface area contributed by atoms with Crippen molar-refractivity contribution in [3.63, 3.8) is 0 Å². The van der Waals surface area contributed by atoms with Crippen LogP contribution in [0.15, 0.2) is 54.6 Å². The fraction of sp³-hybridized carbons (Fsp3) is 0.407. The van der Waals surface area contributed by atoms with Gasteiger partial charge < -0.3 is 20.4 Å². The molecule has 2 N–H and O–H groups in total. The van der Waals surface area contributed by atoms with Gasteiger partial charge >= 0.3 is 0 Å². The molecule has 0 radical (unpaired) electrons. The topological polar surface area (TPSA) is 98.8 Å². The highest BCUT2D eigenvalue weighted by atomic mass is 16.2. The van der Waals surface area contributed by atoms with Crippen molar-refractivity contribution in [1.82, 2.24) is 10.2 Å². The standard InChI is InChI=1S/C27H32N4O4/c1-18(2)28-26(34)22-10-6-7-11-23(22)29-25(33)19-12-14-30(15-13-19)27(35)20-16-24(32)31(17-20)21-8-4-3-5-9-21/h3-11,18-20H,12-17H2,1-2H3,(H,28,34)(H,29,33). The number of carbonyl (C=O) groups is 4. The third-order valence-corrected chi connectivity index (χ3v) is 6.57. The molecule has 0 bridgehead atoms. The zero-order chi connectivity index (χ0) is 24.9. The predicted molar refractivity (Wildman–Crippen MR) is 134 cm³/mol. The summed E-state index contributed by atoms with van der Waals surface area (Å²) in [5, 5.41) is 5.76. The lowest BCUT2D eigenvalue weighted by atomic mass is 9.94. The van der Waals surface area contributed by atoms with Crippen LogP contribution in [0.1, 0.15) is 43.5 Å². The highest BCUT2D eigenvalue weighted by Crippen LogP contribution is 2.28. The lowest BCUT2D eigenvalue weighted by molar-refractivity contribution is -0.138. The summed E-state index contributed by atoms with van der Waals surface area (Å²) >= 11 is 0. The number of amides is 4. The van der Waals surface area contributed by atoms with E-state index in [1.165, 1.54) is 0 Å². The Kier molecular flexibility index (Phi) is 7.48. The van der Waals surface area contributed by atoms with Crippen molar-refractivity contribution in [1.29, 1.82) is 0 Å². The Labute approximate surface area is 205 Å². The largest absolute Gasteiger partial charge is 0.350 e. The van der Waals surface area contributed by atoms with Crippen molar-refractivity contribution in [2.24, 2.45) is 11.8 Å². The van der Waals surface area contributed by atoms with Crippen molar-refractivity contribution < 1.29 is 19.2 Å². The number of nitrogens with zero attached hydrogens (tertiary/aromatic N) is 2. The molecule has 2 aliphatic heterocycles. The first-order valence-electron chi connectivity index (χ1n) is 12.2. The Bertz CT molecular complexity index is 1090. The number of rotatable bonds is 6. The Hall–Kier alpha value is -3.68. The zero-order valence-electron chi connectivity index (χ0n) is 20.2. The summed E-state index contributed by atoms with van der Waals surface area (Å²) in [6, 6.07) is 16.4. The number of anilines is 2. The van der Waals surface area contributed by atoms with Gasteiger partial charge in [-0.2, -0.15) is 0 Å². The number of nitrogens with one attached hydrogen (secondary N) is 2. The van der Waals surface area contributed by atoms with Gasteiger partial charge in [0.1, 0.15) is 0 Å². The Balaban J connectivity index is 1.31. The summed E-state index contributed by atoms with van der Waals surface area (Å²) in [5.74, 6) is -1.04. The molecular formula is C27H32N4O4. The fourth-order valence-electron chi connectivity index (χ4n) is 4.72. The minimum absolute atomic E-state index is 0.0111. The summed E-state index contributed by atoms with van der Waals surface area (Å²) in [4.78, 5) is 54.5. The van der Waals surface area contributed by atoms with Gasteiger partial charge in [0.05, 0.1) is 17.2 Å². The van der Waals surface area contributed by atoms with Gasteiger partial charge in [-0.3, -0.25) is 19.2 Å². The van der Waals surface area contributed by atoms with Gasteiger partial charge in [0.25, 0.3) is 5.91 Å². The monoisotopic (exact) mass is 476 g/mol. The third kappa shape index (κ3) is 5.70. The molecule has 1 unspecified atom stereocenters. The van der Waals surface area contributed by atoms with Crippen molar-refractivity contribution >= 4 is 35.0 Å². The molecule has 2 heterocycles. The van der Waals surface area contributed by atoms with Crippen molar-refractivity contribution in [3.05, 3.63) is 60.2 Å². The van der Waals surface area contributed by atoms with E-state index in [2.05, 4.69) is 10.6 Å². The number of para-hydroxylation sites is 2. The Morgan fingerprint density at radius 2 is 1.57 bits per heavy atom. The SMILES string of the molecule is CC(C)NC(=O)c1ccccc1NC(=O)C1CCN(C(=O)C2CC(=O)N(c3ccccc3)C2)CC1. The number of piperidine rings is 1. The summed E-state index contributed by atoms with van der Waals surface area (Å²) < 4.78 is 0. The maximum Gasteiger partial charge on any atom is 0.253 e. The third-order valence-electron chi connectivity index (χ3n) is 6.57. The molecular weight excluding hydrogens is 444 g/mol. The zero-order valence-corrected chi connectivity index (χ0v) is 20.2. The van der Waals surface area contributed by atoms with E-state index in [0.717, 1.165) is 5.69 Å². The van der Waals surface area contributed by atoms with Gasteiger partial charge in [0, 0.05) is 43.7 Å². The first kappa shape index (κ1) is 24.4. The van der Waals surface area contributed by atoms with E-state index in [9.17, 15) is 19.2 Å². The molecule has 2 aromatic rings. The molecule has 4 amide bonds. The predicted octanol–water partition coefficient (Wildman–Crippen LogP) is 3.06. The lowest BCUT2D eigenvalue weighted by Crippen LogP contribution is -2.44. The summed E-state index contributed by atoms with van der Waals surface area (Å²) in [6.45, 7) is 5.10. The second-order valence-corrected chi connectivity index (χ2v) is 9.50. The van der Waals surface area contributed by atoms with E-state index >= 15 is 0 Å². The summed E-state index contributed by atoms with van der Waals surface area (Å²) in [5.41, 5.74) is 1.72. The van der Waals surface area contributed by atoms with Crippen LogP contribution in [0.3, 0.4) is 0 Å². The van der Waals surface area contributed by atoms with E-state index in [-0.39, 0.29) is 47.9 Å². The molecule has 2 aliphatic rings. The first-order chi connectivity index (χ1) is 16.8. The molecule has 2 aromatic carbocycles. The molecule has 0 saturated carbocycles. The number of hydrogen-bond acceptors (Lipinski definition) is 4. The van der Waals surface area contributed by atoms with Crippen LogP contribution < -0.4 is 15.5 Å². The molecule has 8 heteroatoms. The van der Waals surface area contributed by atoms with Crippen molar-refractivity contribution in [2.75, 3.05) is 29.9 Å². The summed E-state index contributed by atoms with van der Waals surface area (Å²) in [6.07, 6.45) is 1.30. The van der Waals surface area contributed by atoms with Gasteiger partial charge in [-0.15, -0.1) is 0 Å². The van der Waals surface area contributed by atoms with Crippen LogP contribution in [0.5, 0.6) is 0 Å². The molecule has 8 nitrogen and oxygen atoms in total. The molecule has 35 heavy (non-hydrogen) atoms. The number of benzene rings is 2. The van der Waals surface area contributed by atoms with Crippen LogP contribution in [0.4, 0.5) is 11.4 Å². The van der Waals surface area contributed by atoms with Crippen LogP contribution in [0.2, 0.25) is 0 Å². The van der Waals surface area contributed by atoms with Crippen LogP contribution >= 0.6 is 0 Å². The van der Waals surface area contributed by atoms with Gasteiger partial charge in [-0.25, -0.2) is 0 Å². The Morgan fingerprint density at radius 1 is 0.914 bits per heavy atom. The average Bonchev–Trinajstić information content (AvgIpc) is 3.25. The van der Waals surface area contributed by atoms with E-state index in [0.29, 0.717) is 43.7 Å². The van der Waals surface area contributed by atoms with Gasteiger partial charge in [-0.05, 0) is 51.0 Å². The molecule has 2 saturated heterocycles. The number of likely N-dealkylation sites (tertiary alicyclic amines) is 1. The summed E-state index contributed by atoms with van der Waals surface area (Å²) in [7, 11) is 0. The average molecular weight is 477 g/mol. The smallest absolute Gasteiger partial charge is 0.253 e. The number of hydrogen-bond donors (Lipinski definition) is 2. The first-order valence-corrected chi connectivity index (χ1v) is 12.2. The molecule has 0 aromatic heterocycles. The van der Waals surface area contributed by atoms with Crippen LogP contribution in [0, 0.1) is 11.8 Å². The van der Waals surface area contributed by atoms with Crippen LogP contribution in [-0.4, -0.2) is 54.2 Å². The second-order valence-electron chi connectivity index (χ2n) is 9.50. The molecule has 2 fully saturated rings. The highest BCUT2D eigenvalue weighted by molar-refractivity contribution is 6.04. The fourth-order valence-corrected chi connectivity index (χ4v) is 4.72.